The average molecular weight is 358 g/mol. The molecule has 0 bridgehead atoms. The first-order chi connectivity index (χ1) is 12.1. The third-order valence-electron chi connectivity index (χ3n) is 6.42. The Morgan fingerprint density at radius 3 is 2.23 bits per heavy atom. The van der Waals surface area contributed by atoms with Crippen molar-refractivity contribution in [3.8, 4) is 0 Å². The van der Waals surface area contributed by atoms with E-state index in [1.165, 1.54) is 0 Å². The van der Waals surface area contributed by atoms with Crippen LogP contribution in [0.1, 0.15) is 56.0 Å². The average Bonchev–Trinajstić information content (AvgIpc) is 2.59. The topological polar surface area (TPSA) is 60.9 Å². The van der Waals surface area contributed by atoms with Gasteiger partial charge in [0.05, 0.1) is 11.6 Å². The molecule has 0 radical (unpaired) electrons. The number of piperidine rings is 2. The number of carbonyl (C=O) groups excluding carboxylic acids is 2. The van der Waals surface area contributed by atoms with E-state index in [0.29, 0.717) is 26.1 Å². The Morgan fingerprint density at radius 2 is 1.69 bits per heavy atom. The van der Waals surface area contributed by atoms with Crippen LogP contribution in [-0.4, -0.2) is 58.0 Å². The van der Waals surface area contributed by atoms with Crippen molar-refractivity contribution >= 4 is 11.8 Å². The molecule has 1 spiro atoms. The highest BCUT2D eigenvalue weighted by molar-refractivity contribution is 5.94. The summed E-state index contributed by atoms with van der Waals surface area (Å²) in [5, 5.41) is 10.7. The SMILES string of the molecule is CC(=O)N1CC2(CCN(C(=O)c3ccc(C)cc3)CC2)C[C@@H](O)C1(C)C. The molecule has 0 unspecified atom stereocenters. The normalized spacial score (nSPS) is 24.6. The molecule has 1 aromatic carbocycles. The molecule has 2 aliphatic rings. The van der Waals surface area contributed by atoms with Gasteiger partial charge in [-0.2, -0.15) is 0 Å². The molecule has 5 heteroatoms. The predicted molar refractivity (Wildman–Crippen MR) is 101 cm³/mol. The van der Waals surface area contributed by atoms with E-state index in [-0.39, 0.29) is 17.2 Å². The molecule has 2 amide bonds. The van der Waals surface area contributed by atoms with E-state index in [1.807, 2.05) is 54.8 Å². The number of aliphatic hydroxyl groups excluding tert-OH is 1. The third kappa shape index (κ3) is 3.37. The van der Waals surface area contributed by atoms with Crippen molar-refractivity contribution in [2.75, 3.05) is 19.6 Å². The minimum absolute atomic E-state index is 0.00582. The lowest BCUT2D eigenvalue weighted by Crippen LogP contribution is -2.64. The number of rotatable bonds is 1. The fourth-order valence-electron chi connectivity index (χ4n) is 4.39. The van der Waals surface area contributed by atoms with Crippen LogP contribution in [-0.2, 0) is 4.79 Å². The standard InChI is InChI=1S/C21H30N2O3/c1-15-5-7-17(8-6-15)19(26)22-11-9-21(10-12-22)13-18(25)20(3,4)23(14-21)16(2)24/h5-8,18,25H,9-14H2,1-4H3/t18-/m1/s1. The molecular formula is C21H30N2O3. The maximum Gasteiger partial charge on any atom is 0.253 e. The van der Waals surface area contributed by atoms with Gasteiger partial charge in [0.15, 0.2) is 0 Å². The summed E-state index contributed by atoms with van der Waals surface area (Å²) < 4.78 is 0. The van der Waals surface area contributed by atoms with Crippen molar-refractivity contribution in [1.82, 2.24) is 9.80 Å². The van der Waals surface area contributed by atoms with Crippen LogP contribution in [0.25, 0.3) is 0 Å². The van der Waals surface area contributed by atoms with Gasteiger partial charge in [-0.15, -0.1) is 0 Å². The Labute approximate surface area is 156 Å². The van der Waals surface area contributed by atoms with E-state index < -0.39 is 11.6 Å². The van der Waals surface area contributed by atoms with Crippen molar-refractivity contribution in [2.24, 2.45) is 5.41 Å². The number of aliphatic hydroxyl groups is 1. The number of likely N-dealkylation sites (tertiary alicyclic amines) is 2. The highest BCUT2D eigenvalue weighted by Crippen LogP contribution is 2.45. The van der Waals surface area contributed by atoms with Gasteiger partial charge < -0.3 is 14.9 Å². The lowest BCUT2D eigenvalue weighted by atomic mass is 9.67. The summed E-state index contributed by atoms with van der Waals surface area (Å²) in [4.78, 5) is 28.6. The first-order valence-corrected chi connectivity index (χ1v) is 9.47. The molecule has 0 saturated carbocycles. The van der Waals surface area contributed by atoms with Gasteiger partial charge in [-0.1, -0.05) is 17.7 Å². The molecule has 2 fully saturated rings. The number of carbonyl (C=O) groups is 2. The monoisotopic (exact) mass is 358 g/mol. The number of amides is 2. The molecule has 2 heterocycles. The summed E-state index contributed by atoms with van der Waals surface area (Å²) in [6, 6.07) is 7.69. The molecule has 2 aliphatic heterocycles. The minimum atomic E-state index is -0.542. The second-order valence-electron chi connectivity index (χ2n) is 8.64. The molecule has 3 rings (SSSR count). The number of hydrogen-bond acceptors (Lipinski definition) is 3. The van der Waals surface area contributed by atoms with Crippen LogP contribution in [0.3, 0.4) is 0 Å². The highest BCUT2D eigenvalue weighted by Gasteiger charge is 2.50. The van der Waals surface area contributed by atoms with Crippen LogP contribution in [0.4, 0.5) is 0 Å². The summed E-state index contributed by atoms with van der Waals surface area (Å²) in [6.45, 7) is 9.46. The summed E-state index contributed by atoms with van der Waals surface area (Å²) in [5.41, 5.74) is 1.24. The van der Waals surface area contributed by atoms with Gasteiger partial charge in [0, 0.05) is 32.1 Å². The van der Waals surface area contributed by atoms with Crippen LogP contribution in [0.5, 0.6) is 0 Å². The van der Waals surface area contributed by atoms with Gasteiger partial charge in [-0.25, -0.2) is 0 Å². The molecule has 1 aromatic rings. The van der Waals surface area contributed by atoms with Crippen LogP contribution < -0.4 is 0 Å². The zero-order valence-electron chi connectivity index (χ0n) is 16.3. The smallest absolute Gasteiger partial charge is 0.253 e. The van der Waals surface area contributed by atoms with Crippen LogP contribution in [0.15, 0.2) is 24.3 Å². The van der Waals surface area contributed by atoms with E-state index >= 15 is 0 Å². The van der Waals surface area contributed by atoms with Gasteiger partial charge in [0.1, 0.15) is 0 Å². The minimum Gasteiger partial charge on any atom is -0.391 e. The van der Waals surface area contributed by atoms with Gasteiger partial charge in [-0.05, 0) is 57.6 Å². The van der Waals surface area contributed by atoms with Gasteiger partial charge in [0.2, 0.25) is 5.91 Å². The molecule has 2 saturated heterocycles. The number of hydrogen-bond donors (Lipinski definition) is 1. The molecule has 26 heavy (non-hydrogen) atoms. The third-order valence-corrected chi connectivity index (χ3v) is 6.42. The van der Waals surface area contributed by atoms with Gasteiger partial charge in [0.25, 0.3) is 5.91 Å². The Morgan fingerprint density at radius 1 is 1.12 bits per heavy atom. The zero-order valence-corrected chi connectivity index (χ0v) is 16.3. The maximum atomic E-state index is 12.7. The molecular weight excluding hydrogens is 328 g/mol. The van der Waals surface area contributed by atoms with Crippen LogP contribution >= 0.6 is 0 Å². The molecule has 5 nitrogen and oxygen atoms in total. The van der Waals surface area contributed by atoms with Crippen molar-refractivity contribution < 1.29 is 14.7 Å². The molecule has 1 atom stereocenters. The first kappa shape index (κ1) is 18.9. The molecule has 1 N–H and O–H groups in total. The van der Waals surface area contributed by atoms with Crippen molar-refractivity contribution in [3.05, 3.63) is 35.4 Å². The largest absolute Gasteiger partial charge is 0.391 e. The summed E-state index contributed by atoms with van der Waals surface area (Å²) in [6.07, 6.45) is 1.79. The van der Waals surface area contributed by atoms with E-state index in [1.54, 1.807) is 6.92 Å². The van der Waals surface area contributed by atoms with Crippen molar-refractivity contribution in [3.63, 3.8) is 0 Å². The van der Waals surface area contributed by atoms with Crippen molar-refractivity contribution in [2.45, 2.75) is 58.6 Å². The second kappa shape index (κ2) is 6.69. The Kier molecular flexibility index (Phi) is 4.86. The predicted octanol–water partition coefficient (Wildman–Crippen LogP) is 2.61. The molecule has 0 aromatic heterocycles. The van der Waals surface area contributed by atoms with Crippen molar-refractivity contribution in [1.29, 1.82) is 0 Å². The summed E-state index contributed by atoms with van der Waals surface area (Å²) in [5.74, 6) is 0.0752. The van der Waals surface area contributed by atoms with Gasteiger partial charge in [-0.3, -0.25) is 9.59 Å². The fraction of sp³-hybridized carbons (Fsp3) is 0.619. The molecule has 142 valence electrons. The van der Waals surface area contributed by atoms with Crippen LogP contribution in [0, 0.1) is 12.3 Å². The quantitative estimate of drug-likeness (QED) is 0.839. The Hall–Kier alpha value is -1.88. The second-order valence-corrected chi connectivity index (χ2v) is 8.64. The number of aryl methyl sites for hydroxylation is 1. The summed E-state index contributed by atoms with van der Waals surface area (Å²) in [7, 11) is 0. The van der Waals surface area contributed by atoms with E-state index in [9.17, 15) is 14.7 Å². The van der Waals surface area contributed by atoms with Crippen LogP contribution in [0.2, 0.25) is 0 Å². The number of nitrogens with zero attached hydrogens (tertiary/aromatic N) is 2. The Bertz CT molecular complexity index is 688. The Balaban J connectivity index is 1.70. The molecule has 0 aliphatic carbocycles. The lowest BCUT2D eigenvalue weighted by molar-refractivity contribution is -0.156. The zero-order chi connectivity index (χ0) is 19.1. The lowest BCUT2D eigenvalue weighted by Gasteiger charge is -2.55. The maximum absolute atomic E-state index is 12.7. The van der Waals surface area contributed by atoms with E-state index in [0.717, 1.165) is 24.0 Å². The van der Waals surface area contributed by atoms with Gasteiger partial charge >= 0.3 is 0 Å². The first-order valence-electron chi connectivity index (χ1n) is 9.47. The van der Waals surface area contributed by atoms with E-state index in [2.05, 4.69) is 0 Å². The van der Waals surface area contributed by atoms with E-state index in [4.69, 9.17) is 0 Å². The fourth-order valence-corrected chi connectivity index (χ4v) is 4.39. The summed E-state index contributed by atoms with van der Waals surface area (Å²) >= 11 is 0. The number of benzene rings is 1. The highest BCUT2D eigenvalue weighted by atomic mass is 16.3.